The number of carboxylic acids is 1. The Bertz CT molecular complexity index is 540. The molecule has 122 valence electrons. The topological polar surface area (TPSA) is 57.6 Å². The molecule has 22 heavy (non-hydrogen) atoms. The van der Waals surface area contributed by atoms with Crippen LogP contribution in [0.4, 0.5) is 26.3 Å². The Hall–Kier alpha value is -2.26. The van der Waals surface area contributed by atoms with Crippen LogP contribution in [0.3, 0.4) is 0 Å². The number of carbonyl (C=O) groups excluding carboxylic acids is 1. The number of carboxylic acid groups (broad SMARTS) is 1. The maximum atomic E-state index is 13.1. The van der Waals surface area contributed by atoms with Crippen molar-refractivity contribution < 1.29 is 41.0 Å². The highest BCUT2D eigenvalue weighted by atomic mass is 19.4. The van der Waals surface area contributed by atoms with E-state index in [1.807, 2.05) is 0 Å². The van der Waals surface area contributed by atoms with Crippen molar-refractivity contribution in [1.29, 1.82) is 0 Å². The van der Waals surface area contributed by atoms with Crippen LogP contribution in [0.2, 0.25) is 0 Å². The molecular formula is C12H9F6NO3. The van der Waals surface area contributed by atoms with Crippen molar-refractivity contribution in [3.8, 4) is 0 Å². The van der Waals surface area contributed by atoms with Gasteiger partial charge in [-0.1, -0.05) is 30.3 Å². The lowest BCUT2D eigenvalue weighted by Crippen LogP contribution is -2.49. The Morgan fingerprint density at radius 2 is 1.55 bits per heavy atom. The molecule has 0 bridgehead atoms. The molecule has 1 aromatic rings. The number of carbonyl (C=O) groups is 2. The molecular weight excluding hydrogens is 320 g/mol. The highest BCUT2D eigenvalue weighted by Gasteiger charge is 2.53. The largest absolute Gasteiger partial charge is 0.480 e. The number of halogens is 6. The summed E-state index contributed by atoms with van der Waals surface area (Å²) in [5, 5.41) is 8.53. The summed E-state index contributed by atoms with van der Waals surface area (Å²) in [6.45, 7) is -1.74. The molecule has 4 nitrogen and oxygen atoms in total. The fourth-order valence-corrected chi connectivity index (χ4v) is 1.77. The number of hydrogen-bond acceptors (Lipinski definition) is 2. The summed E-state index contributed by atoms with van der Waals surface area (Å²) >= 11 is 0. The smallest absolute Gasteiger partial charge is 0.471 e. The van der Waals surface area contributed by atoms with Gasteiger partial charge >= 0.3 is 24.2 Å². The van der Waals surface area contributed by atoms with Crippen molar-refractivity contribution in [2.75, 3.05) is 6.54 Å². The molecule has 0 aliphatic carbocycles. The summed E-state index contributed by atoms with van der Waals surface area (Å²) in [5.74, 6) is -4.87. The number of aliphatic carboxylic acids is 1. The van der Waals surface area contributed by atoms with Crippen LogP contribution in [-0.4, -0.2) is 40.8 Å². The number of amides is 1. The van der Waals surface area contributed by atoms with Gasteiger partial charge in [-0.05, 0) is 5.56 Å². The molecule has 1 unspecified atom stereocenters. The Morgan fingerprint density at radius 3 is 1.91 bits per heavy atom. The lowest BCUT2D eigenvalue weighted by atomic mass is 10.0. The Balaban J connectivity index is 3.38. The van der Waals surface area contributed by atoms with E-state index in [-0.39, 0.29) is 0 Å². The number of hydrogen-bond donors (Lipinski definition) is 1. The molecule has 1 N–H and O–H groups in total. The van der Waals surface area contributed by atoms with E-state index < -0.39 is 47.3 Å². The molecule has 10 heteroatoms. The zero-order valence-corrected chi connectivity index (χ0v) is 10.6. The van der Waals surface area contributed by atoms with E-state index in [9.17, 15) is 35.9 Å². The van der Waals surface area contributed by atoms with Gasteiger partial charge in [0.15, 0.2) is 6.04 Å². The molecule has 1 amide bonds. The predicted molar refractivity (Wildman–Crippen MR) is 60.6 cm³/mol. The quantitative estimate of drug-likeness (QED) is 0.864. The summed E-state index contributed by atoms with van der Waals surface area (Å²) in [4.78, 5) is 21.0. The van der Waals surface area contributed by atoms with Crippen molar-refractivity contribution in [3.63, 3.8) is 0 Å². The van der Waals surface area contributed by atoms with Gasteiger partial charge in [-0.3, -0.25) is 9.59 Å². The minimum atomic E-state index is -5.63. The molecule has 0 aliphatic rings. The van der Waals surface area contributed by atoms with Gasteiger partial charge in [0.25, 0.3) is 0 Å². The Kier molecular flexibility index (Phi) is 5.05. The predicted octanol–water partition coefficient (Wildman–Crippen LogP) is 2.77. The highest BCUT2D eigenvalue weighted by molar-refractivity contribution is 5.86. The zero-order valence-electron chi connectivity index (χ0n) is 10.6. The third-order valence-electron chi connectivity index (χ3n) is 2.55. The summed E-state index contributed by atoms with van der Waals surface area (Å²) in [7, 11) is 0. The Labute approximate surface area is 119 Å². The van der Waals surface area contributed by atoms with E-state index >= 15 is 0 Å². The average molecular weight is 329 g/mol. The maximum Gasteiger partial charge on any atom is 0.471 e. The van der Waals surface area contributed by atoms with Gasteiger partial charge in [-0.15, -0.1) is 0 Å². The normalized spacial score (nSPS) is 13.5. The van der Waals surface area contributed by atoms with Crippen LogP contribution in [0, 0.1) is 0 Å². The van der Waals surface area contributed by atoms with Gasteiger partial charge in [0.2, 0.25) is 0 Å². The van der Waals surface area contributed by atoms with E-state index in [1.165, 1.54) is 6.07 Å². The first-order chi connectivity index (χ1) is 9.94. The molecule has 1 atom stereocenters. The molecule has 0 saturated carbocycles. The fraction of sp³-hybridized carbons (Fsp3) is 0.333. The lowest BCUT2D eigenvalue weighted by molar-refractivity contribution is -0.216. The van der Waals surface area contributed by atoms with Crippen LogP contribution in [0.15, 0.2) is 30.3 Å². The first kappa shape index (κ1) is 17.8. The first-order valence-electron chi connectivity index (χ1n) is 5.66. The molecule has 0 saturated heterocycles. The van der Waals surface area contributed by atoms with Crippen molar-refractivity contribution in [1.82, 2.24) is 4.90 Å². The number of nitrogens with zero attached hydrogens (tertiary/aromatic N) is 1. The summed E-state index contributed by atoms with van der Waals surface area (Å²) in [6, 6.07) is 2.28. The minimum absolute atomic E-state index is 0.672. The van der Waals surface area contributed by atoms with Gasteiger partial charge in [-0.2, -0.15) is 26.3 Å². The van der Waals surface area contributed by atoms with Crippen LogP contribution >= 0.6 is 0 Å². The van der Waals surface area contributed by atoms with E-state index in [0.29, 0.717) is 0 Å². The van der Waals surface area contributed by atoms with Gasteiger partial charge in [-0.25, -0.2) is 0 Å². The summed E-state index contributed by atoms with van der Waals surface area (Å²) < 4.78 is 76.7. The third-order valence-corrected chi connectivity index (χ3v) is 2.55. The van der Waals surface area contributed by atoms with Crippen molar-refractivity contribution in [2.24, 2.45) is 0 Å². The van der Waals surface area contributed by atoms with Crippen molar-refractivity contribution in [2.45, 2.75) is 18.4 Å². The summed E-state index contributed by atoms with van der Waals surface area (Å²) in [5.41, 5.74) is -0.672. The van der Waals surface area contributed by atoms with Crippen molar-refractivity contribution >= 4 is 11.9 Å². The minimum Gasteiger partial charge on any atom is -0.480 e. The van der Waals surface area contributed by atoms with Crippen LogP contribution in [0.25, 0.3) is 0 Å². The van der Waals surface area contributed by atoms with Gasteiger partial charge in [0.05, 0.1) is 0 Å². The number of rotatable bonds is 4. The second-order valence-electron chi connectivity index (χ2n) is 4.18. The fourth-order valence-electron chi connectivity index (χ4n) is 1.77. The standard InChI is InChI=1S/C12H9F6NO3/c13-11(14,15)9(7-4-2-1-3-5-7)19(6-8(20)21)10(22)12(16,17)18/h1-5,9H,6H2,(H,20,21). The third kappa shape index (κ3) is 4.37. The van der Waals surface area contributed by atoms with E-state index in [2.05, 4.69) is 0 Å². The first-order valence-corrected chi connectivity index (χ1v) is 5.66. The van der Waals surface area contributed by atoms with Crippen LogP contribution in [-0.2, 0) is 9.59 Å². The average Bonchev–Trinajstić information content (AvgIpc) is 2.35. The van der Waals surface area contributed by atoms with Crippen LogP contribution < -0.4 is 0 Å². The molecule has 0 spiro atoms. The molecule has 0 aromatic heterocycles. The second-order valence-corrected chi connectivity index (χ2v) is 4.18. The molecule has 0 radical (unpaired) electrons. The monoisotopic (exact) mass is 329 g/mol. The molecule has 0 heterocycles. The number of alkyl halides is 6. The van der Waals surface area contributed by atoms with Gasteiger partial charge in [0, 0.05) is 0 Å². The van der Waals surface area contributed by atoms with Crippen molar-refractivity contribution in [3.05, 3.63) is 35.9 Å². The maximum absolute atomic E-state index is 13.1. The molecule has 0 fully saturated rings. The SMILES string of the molecule is O=C(O)CN(C(=O)C(F)(F)F)C(c1ccccc1)C(F)(F)F. The van der Waals surface area contributed by atoms with Crippen LogP contribution in [0.1, 0.15) is 11.6 Å². The van der Waals surface area contributed by atoms with E-state index in [4.69, 9.17) is 5.11 Å². The highest BCUT2D eigenvalue weighted by Crippen LogP contribution is 2.39. The molecule has 0 aliphatic heterocycles. The van der Waals surface area contributed by atoms with Crippen LogP contribution in [0.5, 0.6) is 0 Å². The van der Waals surface area contributed by atoms with Gasteiger partial charge in [0.1, 0.15) is 6.54 Å². The Morgan fingerprint density at radius 1 is 1.05 bits per heavy atom. The van der Waals surface area contributed by atoms with E-state index in [1.54, 1.807) is 0 Å². The zero-order chi connectivity index (χ0) is 17.1. The lowest BCUT2D eigenvalue weighted by Gasteiger charge is -2.32. The number of benzene rings is 1. The van der Waals surface area contributed by atoms with E-state index in [0.717, 1.165) is 24.3 Å². The second kappa shape index (κ2) is 6.24. The summed E-state index contributed by atoms with van der Waals surface area (Å²) in [6.07, 6.45) is -10.9. The van der Waals surface area contributed by atoms with Gasteiger partial charge < -0.3 is 10.0 Å². The molecule has 1 aromatic carbocycles. The molecule has 1 rings (SSSR count).